The second-order valence-electron chi connectivity index (χ2n) is 0.881. The molecule has 0 aliphatic rings. The molecule has 9 radical (unpaired) electrons. The Balaban J connectivity index is 2.86. The molecule has 0 aromatic rings. The lowest BCUT2D eigenvalue weighted by atomic mass is 11.9. The number of hydrogen-bond acceptors (Lipinski definition) is 3. The fourth-order valence-electron chi connectivity index (χ4n) is 0.100. The van der Waals surface area contributed by atoms with Crippen molar-refractivity contribution in [3.63, 3.8) is 0 Å². The predicted molar refractivity (Wildman–Crippen MR) is 32.1 cm³/mol. The van der Waals surface area contributed by atoms with E-state index in [9.17, 15) is 0 Å². The molecule has 0 N–H and O–H groups in total. The molecule has 0 saturated heterocycles. The molecule has 0 saturated carbocycles. The lowest BCUT2D eigenvalue weighted by molar-refractivity contribution is 0.421. The summed E-state index contributed by atoms with van der Waals surface area (Å²) in [5.41, 5.74) is 0. The third-order valence-corrected chi connectivity index (χ3v) is 3.34. The largest absolute Gasteiger partial charge is 0.436 e. The van der Waals surface area contributed by atoms with Crippen molar-refractivity contribution in [2.45, 2.75) is 6.55 Å². The second-order valence-corrected chi connectivity index (χ2v) is 4.48. The Bertz CT molecular complexity index is 50.5. The Labute approximate surface area is 59.7 Å². The van der Waals surface area contributed by atoms with Gasteiger partial charge in [0.15, 0.2) is 0 Å². The van der Waals surface area contributed by atoms with Gasteiger partial charge >= 0.3 is 19.3 Å². The molecular weight excluding hydrogens is 172 g/mol. The summed E-state index contributed by atoms with van der Waals surface area (Å²) in [4.78, 5) is 0. The maximum Gasteiger partial charge on any atom is 0.411 e. The van der Waals surface area contributed by atoms with Crippen LogP contribution in [0.2, 0.25) is 6.55 Å². The third-order valence-electron chi connectivity index (χ3n) is 0.371. The topological polar surface area (TPSA) is 27.7 Å². The molecule has 0 bridgehead atoms. The lowest BCUT2D eigenvalue weighted by Gasteiger charge is -2.03. The van der Waals surface area contributed by atoms with E-state index in [1.54, 1.807) is 0 Å². The molecule has 0 amide bonds. The van der Waals surface area contributed by atoms with Crippen LogP contribution in [0.15, 0.2) is 0 Å². The third kappa shape index (κ3) is 4.90. The smallest absolute Gasteiger partial charge is 0.411 e. The highest BCUT2D eigenvalue weighted by atomic mass is 28.4. The van der Waals surface area contributed by atoms with E-state index < -0.39 is 9.28 Å². The van der Waals surface area contributed by atoms with Gasteiger partial charge in [0.25, 0.3) is 0 Å². The summed E-state index contributed by atoms with van der Waals surface area (Å²) < 4.78 is 14.0. The molecule has 0 aromatic carbocycles. The van der Waals surface area contributed by atoms with Crippen LogP contribution in [-0.4, -0.2) is 40.3 Å². The van der Waals surface area contributed by atoms with Gasteiger partial charge in [0.2, 0.25) is 21.0 Å². The van der Waals surface area contributed by atoms with Gasteiger partial charge in [0.05, 0.1) is 0 Å². The average molecular weight is 175 g/mol. The van der Waals surface area contributed by atoms with E-state index in [0.29, 0.717) is 0 Å². The lowest BCUT2D eigenvalue weighted by Crippen LogP contribution is -2.20. The first-order valence-corrected chi connectivity index (χ1v) is 5.17. The van der Waals surface area contributed by atoms with Crippen LogP contribution in [0.3, 0.4) is 0 Å². The molecule has 0 aromatic heterocycles. The molecule has 0 rings (SSSR count). The molecule has 3 nitrogen and oxygen atoms in total. The first kappa shape index (κ1) is 8.75. The van der Waals surface area contributed by atoms with Crippen molar-refractivity contribution in [1.82, 2.24) is 0 Å². The molecular formula is CH3O3Si4. The maximum absolute atomic E-state index is 4.93. The average Bonchev–Trinajstić information content (AvgIpc) is 1.83. The van der Waals surface area contributed by atoms with Crippen molar-refractivity contribution in [3.8, 4) is 0 Å². The molecule has 0 aliphatic carbocycles. The molecule has 7 heteroatoms. The predicted octanol–water partition coefficient (Wildman–Crippen LogP) is -1.14. The van der Waals surface area contributed by atoms with Gasteiger partial charge < -0.3 is 12.3 Å². The Morgan fingerprint density at radius 3 is 2.50 bits per heavy atom. The summed E-state index contributed by atoms with van der Waals surface area (Å²) in [6.07, 6.45) is 0. The van der Waals surface area contributed by atoms with E-state index in [4.69, 9.17) is 4.12 Å². The van der Waals surface area contributed by atoms with Crippen molar-refractivity contribution in [2.24, 2.45) is 0 Å². The fraction of sp³-hybridized carbons (Fsp3) is 1.00. The zero-order valence-electron chi connectivity index (χ0n) is 4.22. The van der Waals surface area contributed by atoms with E-state index in [1.165, 1.54) is 0 Å². The minimum Gasteiger partial charge on any atom is -0.436 e. The summed E-state index contributed by atoms with van der Waals surface area (Å²) in [5, 5.41) is 0. The second kappa shape index (κ2) is 5.88. The van der Waals surface area contributed by atoms with E-state index in [1.807, 2.05) is 6.55 Å². The highest BCUT2D eigenvalue weighted by Gasteiger charge is 2.03. The van der Waals surface area contributed by atoms with Crippen LogP contribution in [0.4, 0.5) is 0 Å². The van der Waals surface area contributed by atoms with Crippen LogP contribution in [0.5, 0.6) is 0 Å². The Morgan fingerprint density at radius 2 is 2.12 bits per heavy atom. The monoisotopic (exact) mass is 175 g/mol. The summed E-state index contributed by atoms with van der Waals surface area (Å²) in [6.45, 7) is 1.84. The van der Waals surface area contributed by atoms with Gasteiger partial charge in [0, 0.05) is 0 Å². The van der Waals surface area contributed by atoms with E-state index in [0.717, 1.165) is 0 Å². The normalized spacial score (nSPS) is 10.5. The van der Waals surface area contributed by atoms with E-state index in [-0.39, 0.29) is 10.0 Å². The van der Waals surface area contributed by atoms with Gasteiger partial charge in [-0.1, -0.05) is 0 Å². The van der Waals surface area contributed by atoms with Gasteiger partial charge in [-0.3, -0.25) is 0 Å². The molecule has 0 spiro atoms. The molecule has 0 aliphatic heterocycles. The standard InChI is InChI=1S/CH3O3Si4/c1-8(3-6)4-7-2-5/h1H3. The van der Waals surface area contributed by atoms with Crippen molar-refractivity contribution in [3.05, 3.63) is 0 Å². The van der Waals surface area contributed by atoms with Crippen molar-refractivity contribution < 1.29 is 12.3 Å². The van der Waals surface area contributed by atoms with Gasteiger partial charge in [-0.2, -0.15) is 0 Å². The molecule has 0 fully saturated rings. The zero-order valence-corrected chi connectivity index (χ0v) is 8.22. The van der Waals surface area contributed by atoms with Crippen LogP contribution in [0.1, 0.15) is 0 Å². The highest BCUT2D eigenvalue weighted by Crippen LogP contribution is 1.80. The summed E-state index contributed by atoms with van der Waals surface area (Å²) in [7, 11) is 4.51. The van der Waals surface area contributed by atoms with Crippen LogP contribution >= 0.6 is 0 Å². The molecule has 8 heavy (non-hydrogen) atoms. The molecule has 41 valence electrons. The summed E-state index contributed by atoms with van der Waals surface area (Å²) in [6, 6.07) is 0. The Morgan fingerprint density at radius 1 is 1.50 bits per heavy atom. The van der Waals surface area contributed by atoms with Gasteiger partial charge in [0.1, 0.15) is 0 Å². The van der Waals surface area contributed by atoms with Gasteiger partial charge in [-0.15, -0.1) is 0 Å². The maximum atomic E-state index is 4.93. The van der Waals surface area contributed by atoms with Crippen LogP contribution in [0.25, 0.3) is 0 Å². The number of hydrogen-bond donors (Lipinski definition) is 0. The van der Waals surface area contributed by atoms with Crippen LogP contribution in [0, 0.1) is 0 Å². The highest BCUT2D eigenvalue weighted by molar-refractivity contribution is 6.54. The minimum absolute atomic E-state index is 0.00476. The minimum atomic E-state index is -1.12. The fourth-order valence-corrected chi connectivity index (χ4v) is 1.65. The van der Waals surface area contributed by atoms with E-state index in [2.05, 4.69) is 29.2 Å². The van der Waals surface area contributed by atoms with Crippen LogP contribution in [-0.2, 0) is 12.3 Å². The first-order chi connectivity index (χ1) is 3.81. The molecule has 0 heterocycles. The quantitative estimate of drug-likeness (QED) is 0.505. The van der Waals surface area contributed by atoms with Gasteiger partial charge in [-0.05, 0) is 6.55 Å². The van der Waals surface area contributed by atoms with E-state index >= 15 is 0 Å². The molecule has 0 unspecified atom stereocenters. The van der Waals surface area contributed by atoms with Crippen LogP contribution < -0.4 is 0 Å². The molecule has 0 atom stereocenters. The number of rotatable bonds is 4. The SMILES string of the molecule is C[Si](O[Si])O[Si]O[Si]. The Kier molecular flexibility index (Phi) is 6.43. The first-order valence-electron chi connectivity index (χ1n) is 1.72. The summed E-state index contributed by atoms with van der Waals surface area (Å²) >= 11 is 0. The van der Waals surface area contributed by atoms with Crippen molar-refractivity contribution in [1.29, 1.82) is 0 Å². The summed E-state index contributed by atoms with van der Waals surface area (Å²) in [5.74, 6) is 0. The van der Waals surface area contributed by atoms with Crippen molar-refractivity contribution >= 4 is 40.3 Å². The van der Waals surface area contributed by atoms with Gasteiger partial charge in [-0.25, -0.2) is 0 Å². The Hall–Kier alpha value is 0.748. The van der Waals surface area contributed by atoms with Crippen molar-refractivity contribution in [2.75, 3.05) is 0 Å². The zero-order chi connectivity index (χ0) is 6.41.